The predicted octanol–water partition coefficient (Wildman–Crippen LogP) is 7.42. The third kappa shape index (κ3) is 5.21. The second kappa shape index (κ2) is 9.53. The number of hydrogen-bond acceptors (Lipinski definition) is 0. The summed E-state index contributed by atoms with van der Waals surface area (Å²) in [5.74, 6) is 5.04. The number of hydrogen-bond donors (Lipinski definition) is 0. The molecule has 0 saturated heterocycles. The van der Waals surface area contributed by atoms with Gasteiger partial charge in [0, 0.05) is 16.7 Å². The quantitative estimate of drug-likeness (QED) is 0.312. The van der Waals surface area contributed by atoms with Crippen LogP contribution < -0.4 is 0 Å². The third-order valence-electron chi connectivity index (χ3n) is 4.57. The van der Waals surface area contributed by atoms with E-state index < -0.39 is 11.6 Å². The minimum absolute atomic E-state index is 0.0167. The minimum Gasteiger partial charge on any atom is -0.206 e. The molecule has 28 heavy (non-hydrogen) atoms. The molecule has 0 aliphatic rings. The summed E-state index contributed by atoms with van der Waals surface area (Å²) < 4.78 is 28.1. The molecule has 0 spiro atoms. The standard InChI is InChI=1S/C25H21ClF2/c1-2-3-4-5-18-6-8-19(9-7-18)10-11-20-12-14-22(24(27)16-20)21-13-15-23(26)25(28)17-21/h6-9,12-17H,2-5H2,1H3. The molecule has 0 amide bonds. The lowest BCUT2D eigenvalue weighted by Crippen LogP contribution is -1.88. The summed E-state index contributed by atoms with van der Waals surface area (Å²) in [4.78, 5) is 0. The number of rotatable bonds is 5. The number of benzene rings is 3. The Morgan fingerprint density at radius 3 is 2.18 bits per heavy atom. The van der Waals surface area contributed by atoms with Gasteiger partial charge in [0.2, 0.25) is 0 Å². The maximum absolute atomic E-state index is 14.5. The average Bonchev–Trinajstić information content (AvgIpc) is 2.70. The first-order valence-corrected chi connectivity index (χ1v) is 9.80. The van der Waals surface area contributed by atoms with E-state index in [1.807, 2.05) is 12.1 Å². The van der Waals surface area contributed by atoms with E-state index in [1.54, 1.807) is 18.2 Å². The van der Waals surface area contributed by atoms with Crippen molar-refractivity contribution in [1.82, 2.24) is 0 Å². The van der Waals surface area contributed by atoms with Gasteiger partial charge >= 0.3 is 0 Å². The highest BCUT2D eigenvalue weighted by Gasteiger charge is 2.08. The monoisotopic (exact) mass is 394 g/mol. The number of unbranched alkanes of at least 4 members (excludes halogenated alkanes) is 2. The molecule has 0 atom stereocenters. The molecule has 0 bridgehead atoms. The topological polar surface area (TPSA) is 0 Å². The molecular formula is C25H21ClF2. The van der Waals surface area contributed by atoms with Crippen molar-refractivity contribution in [1.29, 1.82) is 0 Å². The van der Waals surface area contributed by atoms with Crippen LogP contribution in [0.25, 0.3) is 11.1 Å². The molecule has 142 valence electrons. The summed E-state index contributed by atoms with van der Waals surface area (Å²) in [6, 6.07) is 17.1. The van der Waals surface area contributed by atoms with Crippen LogP contribution in [-0.2, 0) is 6.42 Å². The number of aryl methyl sites for hydroxylation is 1. The minimum atomic E-state index is -0.569. The van der Waals surface area contributed by atoms with Crippen molar-refractivity contribution >= 4 is 11.6 Å². The fraction of sp³-hybridized carbons (Fsp3) is 0.200. The van der Waals surface area contributed by atoms with Crippen LogP contribution in [0.5, 0.6) is 0 Å². The molecule has 0 N–H and O–H groups in total. The van der Waals surface area contributed by atoms with Gasteiger partial charge in [0.15, 0.2) is 0 Å². The van der Waals surface area contributed by atoms with Gasteiger partial charge in [-0.2, -0.15) is 0 Å². The Hall–Kier alpha value is -2.63. The molecule has 0 aromatic heterocycles. The maximum Gasteiger partial charge on any atom is 0.142 e. The summed E-state index contributed by atoms with van der Waals surface area (Å²) >= 11 is 5.69. The van der Waals surface area contributed by atoms with Gasteiger partial charge in [-0.15, -0.1) is 0 Å². The van der Waals surface area contributed by atoms with Crippen LogP contribution in [0.4, 0.5) is 8.78 Å². The highest BCUT2D eigenvalue weighted by atomic mass is 35.5. The van der Waals surface area contributed by atoms with Gasteiger partial charge in [-0.05, 0) is 60.4 Å². The van der Waals surface area contributed by atoms with Crippen LogP contribution >= 0.6 is 11.6 Å². The van der Waals surface area contributed by atoms with Gasteiger partial charge in [-0.1, -0.05) is 67.5 Å². The molecule has 0 unspecified atom stereocenters. The van der Waals surface area contributed by atoms with Crippen LogP contribution in [0.15, 0.2) is 60.7 Å². The normalized spacial score (nSPS) is 10.4. The first-order valence-electron chi connectivity index (χ1n) is 9.43. The molecule has 0 radical (unpaired) electrons. The lowest BCUT2D eigenvalue weighted by Gasteiger charge is -2.05. The third-order valence-corrected chi connectivity index (χ3v) is 4.88. The Morgan fingerprint density at radius 1 is 0.786 bits per heavy atom. The van der Waals surface area contributed by atoms with Crippen molar-refractivity contribution in [2.45, 2.75) is 32.6 Å². The summed E-state index contributed by atoms with van der Waals surface area (Å²) in [5.41, 5.74) is 3.53. The van der Waals surface area contributed by atoms with E-state index in [1.165, 1.54) is 43.0 Å². The SMILES string of the molecule is CCCCCc1ccc(C#Cc2ccc(-c3ccc(Cl)c(F)c3)c(F)c2)cc1. The van der Waals surface area contributed by atoms with Gasteiger partial charge in [-0.3, -0.25) is 0 Å². The molecular weight excluding hydrogens is 374 g/mol. The van der Waals surface area contributed by atoms with Gasteiger partial charge in [0.05, 0.1) is 5.02 Å². The Bertz CT molecular complexity index is 1010. The fourth-order valence-electron chi connectivity index (χ4n) is 2.97. The summed E-state index contributed by atoms with van der Waals surface area (Å²) in [7, 11) is 0. The van der Waals surface area contributed by atoms with Crippen LogP contribution in [0.3, 0.4) is 0 Å². The molecule has 3 rings (SSSR count). The molecule has 0 aliphatic carbocycles. The molecule has 0 fully saturated rings. The molecule has 3 heteroatoms. The van der Waals surface area contributed by atoms with Crippen molar-refractivity contribution < 1.29 is 8.78 Å². The van der Waals surface area contributed by atoms with Crippen molar-refractivity contribution in [3.63, 3.8) is 0 Å². The fourth-order valence-corrected chi connectivity index (χ4v) is 3.09. The van der Waals surface area contributed by atoms with Crippen LogP contribution in [0, 0.1) is 23.5 Å². The summed E-state index contributed by atoms with van der Waals surface area (Å²) in [6.07, 6.45) is 4.74. The van der Waals surface area contributed by atoms with Gasteiger partial charge < -0.3 is 0 Å². The second-order valence-electron chi connectivity index (χ2n) is 6.73. The lowest BCUT2D eigenvalue weighted by atomic mass is 10.0. The highest BCUT2D eigenvalue weighted by Crippen LogP contribution is 2.27. The van der Waals surface area contributed by atoms with Gasteiger partial charge in [0.1, 0.15) is 11.6 Å². The van der Waals surface area contributed by atoms with E-state index in [2.05, 4.69) is 30.9 Å². The van der Waals surface area contributed by atoms with Crippen molar-refractivity contribution in [3.05, 3.63) is 94.0 Å². The van der Waals surface area contributed by atoms with Crippen molar-refractivity contribution in [2.75, 3.05) is 0 Å². The van der Waals surface area contributed by atoms with Gasteiger partial charge in [-0.25, -0.2) is 8.78 Å². The van der Waals surface area contributed by atoms with Crippen LogP contribution in [0.1, 0.15) is 42.9 Å². The van der Waals surface area contributed by atoms with E-state index in [0.717, 1.165) is 12.0 Å². The van der Waals surface area contributed by atoms with E-state index >= 15 is 0 Å². The van der Waals surface area contributed by atoms with Crippen molar-refractivity contribution in [3.8, 4) is 23.0 Å². The van der Waals surface area contributed by atoms with Crippen LogP contribution in [-0.4, -0.2) is 0 Å². The zero-order chi connectivity index (χ0) is 19.9. The molecule has 0 aliphatic heterocycles. The molecule has 0 nitrogen and oxygen atoms in total. The van der Waals surface area contributed by atoms with E-state index in [-0.39, 0.29) is 5.02 Å². The largest absolute Gasteiger partial charge is 0.206 e. The molecule has 0 heterocycles. The Morgan fingerprint density at radius 2 is 1.50 bits per heavy atom. The number of halogens is 3. The lowest BCUT2D eigenvalue weighted by molar-refractivity contribution is 0.625. The molecule has 0 saturated carbocycles. The summed E-state index contributed by atoms with van der Waals surface area (Å²) in [5, 5.41) is 0.0167. The molecule has 3 aromatic rings. The first kappa shape index (κ1) is 20.1. The zero-order valence-corrected chi connectivity index (χ0v) is 16.5. The van der Waals surface area contributed by atoms with E-state index in [9.17, 15) is 8.78 Å². The van der Waals surface area contributed by atoms with E-state index in [0.29, 0.717) is 16.7 Å². The highest BCUT2D eigenvalue weighted by molar-refractivity contribution is 6.30. The second-order valence-corrected chi connectivity index (χ2v) is 7.13. The van der Waals surface area contributed by atoms with Gasteiger partial charge in [0.25, 0.3) is 0 Å². The zero-order valence-electron chi connectivity index (χ0n) is 15.7. The smallest absolute Gasteiger partial charge is 0.142 e. The van der Waals surface area contributed by atoms with Crippen LogP contribution in [0.2, 0.25) is 5.02 Å². The average molecular weight is 395 g/mol. The Labute approximate surface area is 170 Å². The summed E-state index contributed by atoms with van der Waals surface area (Å²) in [6.45, 7) is 2.20. The molecule has 3 aromatic carbocycles. The Kier molecular flexibility index (Phi) is 6.85. The first-order chi connectivity index (χ1) is 13.6. The predicted molar refractivity (Wildman–Crippen MR) is 112 cm³/mol. The Balaban J connectivity index is 1.74. The van der Waals surface area contributed by atoms with Crippen molar-refractivity contribution in [2.24, 2.45) is 0 Å². The van der Waals surface area contributed by atoms with E-state index in [4.69, 9.17) is 11.6 Å². The maximum atomic E-state index is 14.5.